The lowest BCUT2D eigenvalue weighted by molar-refractivity contribution is -0.00908. The Labute approximate surface area is 113 Å². The molecule has 2 unspecified atom stereocenters. The monoisotopic (exact) mass is 251 g/mol. The quantitative estimate of drug-likeness (QED) is 0.776. The van der Waals surface area contributed by atoms with Crippen LogP contribution < -0.4 is 0 Å². The zero-order chi connectivity index (χ0) is 13.8. The normalized spacial score (nSPS) is 22.1. The third kappa shape index (κ3) is 4.00. The smallest absolute Gasteiger partial charge is 0.0829 e. The van der Waals surface area contributed by atoms with Crippen LogP contribution in [-0.2, 0) is 0 Å². The molecular formula is C16H29NO. The second kappa shape index (κ2) is 6.08. The SMILES string of the molecule is CCC(C)(C(O)CC#CC(C)(C)C)N1CCCC1. The molecule has 0 amide bonds. The van der Waals surface area contributed by atoms with Crippen LogP contribution in [0.4, 0.5) is 0 Å². The van der Waals surface area contributed by atoms with Crippen molar-refractivity contribution in [1.82, 2.24) is 4.90 Å². The van der Waals surface area contributed by atoms with Crippen LogP contribution in [0.15, 0.2) is 0 Å². The van der Waals surface area contributed by atoms with E-state index in [0.717, 1.165) is 19.5 Å². The Hall–Kier alpha value is -0.520. The Bertz CT molecular complexity index is 314. The molecule has 2 atom stereocenters. The van der Waals surface area contributed by atoms with Gasteiger partial charge in [-0.1, -0.05) is 18.8 Å². The van der Waals surface area contributed by atoms with E-state index in [1.165, 1.54) is 12.8 Å². The topological polar surface area (TPSA) is 23.5 Å². The fourth-order valence-corrected chi connectivity index (χ4v) is 2.53. The molecule has 104 valence electrons. The first kappa shape index (κ1) is 15.5. The number of aliphatic hydroxyl groups excluding tert-OH is 1. The summed E-state index contributed by atoms with van der Waals surface area (Å²) in [6.45, 7) is 12.9. The van der Waals surface area contributed by atoms with Crippen molar-refractivity contribution in [3.63, 3.8) is 0 Å². The first-order chi connectivity index (χ1) is 8.29. The lowest BCUT2D eigenvalue weighted by Crippen LogP contribution is -2.53. The molecule has 0 aromatic carbocycles. The fraction of sp³-hybridized carbons (Fsp3) is 0.875. The second-order valence-corrected chi connectivity index (χ2v) is 6.68. The summed E-state index contributed by atoms with van der Waals surface area (Å²) in [6, 6.07) is 0. The summed E-state index contributed by atoms with van der Waals surface area (Å²) < 4.78 is 0. The van der Waals surface area contributed by atoms with Crippen LogP contribution in [0.2, 0.25) is 0 Å². The first-order valence-electron chi connectivity index (χ1n) is 7.23. The van der Waals surface area contributed by atoms with Gasteiger partial charge in [-0.2, -0.15) is 0 Å². The number of hydrogen-bond acceptors (Lipinski definition) is 2. The molecule has 0 aliphatic carbocycles. The molecular weight excluding hydrogens is 222 g/mol. The Balaban J connectivity index is 2.66. The Morgan fingerprint density at radius 3 is 2.17 bits per heavy atom. The highest BCUT2D eigenvalue weighted by atomic mass is 16.3. The van der Waals surface area contributed by atoms with Crippen molar-refractivity contribution in [1.29, 1.82) is 0 Å². The van der Waals surface area contributed by atoms with E-state index in [4.69, 9.17) is 0 Å². The minimum Gasteiger partial charge on any atom is -0.390 e. The van der Waals surface area contributed by atoms with Crippen molar-refractivity contribution < 1.29 is 5.11 Å². The minimum absolute atomic E-state index is 0.0238. The summed E-state index contributed by atoms with van der Waals surface area (Å²) in [7, 11) is 0. The summed E-state index contributed by atoms with van der Waals surface area (Å²) in [5.74, 6) is 6.37. The predicted octanol–water partition coefficient (Wildman–Crippen LogP) is 3.05. The van der Waals surface area contributed by atoms with Gasteiger partial charge in [0.2, 0.25) is 0 Å². The molecule has 1 heterocycles. The van der Waals surface area contributed by atoms with E-state index in [0.29, 0.717) is 6.42 Å². The van der Waals surface area contributed by atoms with Crippen LogP contribution in [0, 0.1) is 17.3 Å². The van der Waals surface area contributed by atoms with E-state index in [2.05, 4.69) is 51.4 Å². The summed E-state index contributed by atoms with van der Waals surface area (Å²) in [4.78, 5) is 2.44. The van der Waals surface area contributed by atoms with E-state index in [1.54, 1.807) is 0 Å². The number of hydrogen-bond donors (Lipinski definition) is 1. The first-order valence-corrected chi connectivity index (χ1v) is 7.23. The highest BCUT2D eigenvalue weighted by molar-refractivity contribution is 5.10. The zero-order valence-corrected chi connectivity index (χ0v) is 12.7. The van der Waals surface area contributed by atoms with Crippen molar-refractivity contribution in [3.05, 3.63) is 0 Å². The zero-order valence-electron chi connectivity index (χ0n) is 12.7. The van der Waals surface area contributed by atoms with Gasteiger partial charge in [-0.25, -0.2) is 0 Å². The molecule has 1 N–H and O–H groups in total. The predicted molar refractivity (Wildman–Crippen MR) is 77.4 cm³/mol. The molecule has 2 heteroatoms. The number of likely N-dealkylation sites (tertiary alicyclic amines) is 1. The van der Waals surface area contributed by atoms with E-state index in [-0.39, 0.29) is 17.1 Å². The molecule has 0 aromatic heterocycles. The summed E-state index contributed by atoms with van der Waals surface area (Å²) in [5.41, 5.74) is -0.0843. The van der Waals surface area contributed by atoms with Gasteiger partial charge >= 0.3 is 0 Å². The van der Waals surface area contributed by atoms with Crippen LogP contribution in [0.5, 0.6) is 0 Å². The number of rotatable bonds is 4. The third-order valence-corrected chi connectivity index (χ3v) is 4.02. The maximum Gasteiger partial charge on any atom is 0.0829 e. The van der Waals surface area contributed by atoms with Gasteiger partial charge in [-0.3, -0.25) is 4.90 Å². The van der Waals surface area contributed by atoms with Crippen molar-refractivity contribution in [2.24, 2.45) is 5.41 Å². The van der Waals surface area contributed by atoms with Crippen LogP contribution in [0.25, 0.3) is 0 Å². The molecule has 18 heavy (non-hydrogen) atoms. The fourth-order valence-electron chi connectivity index (χ4n) is 2.53. The van der Waals surface area contributed by atoms with E-state index in [1.807, 2.05) is 0 Å². The lowest BCUT2D eigenvalue weighted by Gasteiger charge is -2.41. The summed E-state index contributed by atoms with van der Waals surface area (Å²) in [6.07, 6.45) is 3.73. The van der Waals surface area contributed by atoms with E-state index >= 15 is 0 Å². The van der Waals surface area contributed by atoms with Gasteiger partial charge in [0.25, 0.3) is 0 Å². The standard InChI is InChI=1S/C16H29NO/c1-6-16(5,17-12-7-8-13-17)14(18)10-9-11-15(2,3)4/h14,18H,6-8,10,12-13H2,1-5H3. The Morgan fingerprint density at radius 1 is 1.17 bits per heavy atom. The maximum atomic E-state index is 10.5. The molecule has 0 saturated carbocycles. The maximum absolute atomic E-state index is 10.5. The number of nitrogens with zero attached hydrogens (tertiary/aromatic N) is 1. The average molecular weight is 251 g/mol. The van der Waals surface area contributed by atoms with Crippen molar-refractivity contribution in [2.75, 3.05) is 13.1 Å². The molecule has 0 bridgehead atoms. The van der Waals surface area contributed by atoms with E-state index in [9.17, 15) is 5.11 Å². The third-order valence-electron chi connectivity index (χ3n) is 4.02. The molecule has 1 fully saturated rings. The van der Waals surface area contributed by atoms with Crippen molar-refractivity contribution >= 4 is 0 Å². The molecule has 1 aliphatic rings. The molecule has 0 aromatic rings. The van der Waals surface area contributed by atoms with Crippen molar-refractivity contribution in [3.8, 4) is 11.8 Å². The highest BCUT2D eigenvalue weighted by Gasteiger charge is 2.37. The molecule has 1 rings (SSSR count). The summed E-state index contributed by atoms with van der Waals surface area (Å²) in [5, 5.41) is 10.5. The Kier molecular flexibility index (Phi) is 5.25. The molecule has 2 nitrogen and oxygen atoms in total. The molecule has 1 saturated heterocycles. The largest absolute Gasteiger partial charge is 0.390 e. The van der Waals surface area contributed by atoms with Crippen molar-refractivity contribution in [2.45, 2.75) is 71.9 Å². The van der Waals surface area contributed by atoms with Gasteiger partial charge in [0.1, 0.15) is 0 Å². The highest BCUT2D eigenvalue weighted by Crippen LogP contribution is 2.29. The second-order valence-electron chi connectivity index (χ2n) is 6.68. The van der Waals surface area contributed by atoms with Gasteiger partial charge in [-0.05, 0) is 60.0 Å². The molecule has 0 radical (unpaired) electrons. The lowest BCUT2D eigenvalue weighted by atomic mass is 9.87. The van der Waals surface area contributed by atoms with Crippen LogP contribution in [0.3, 0.4) is 0 Å². The van der Waals surface area contributed by atoms with Gasteiger partial charge in [-0.15, -0.1) is 0 Å². The van der Waals surface area contributed by atoms with Crippen LogP contribution in [-0.4, -0.2) is 34.7 Å². The van der Waals surface area contributed by atoms with Crippen LogP contribution >= 0.6 is 0 Å². The minimum atomic E-state index is -0.351. The average Bonchev–Trinajstić information content (AvgIpc) is 2.79. The van der Waals surface area contributed by atoms with E-state index < -0.39 is 0 Å². The molecule has 1 aliphatic heterocycles. The Morgan fingerprint density at radius 2 is 1.72 bits per heavy atom. The van der Waals surface area contributed by atoms with Gasteiger partial charge in [0, 0.05) is 17.4 Å². The van der Waals surface area contributed by atoms with Gasteiger partial charge in [0.05, 0.1) is 6.10 Å². The summed E-state index contributed by atoms with van der Waals surface area (Å²) >= 11 is 0. The molecule has 0 spiro atoms. The van der Waals surface area contributed by atoms with Crippen LogP contribution in [0.1, 0.15) is 60.3 Å². The number of aliphatic hydroxyl groups is 1. The van der Waals surface area contributed by atoms with Gasteiger partial charge in [0.15, 0.2) is 0 Å². The van der Waals surface area contributed by atoms with Gasteiger partial charge < -0.3 is 5.11 Å².